The van der Waals surface area contributed by atoms with E-state index in [1.807, 2.05) is 49.4 Å². The molecule has 0 aliphatic rings. The van der Waals surface area contributed by atoms with Crippen LogP contribution in [0.15, 0.2) is 42.5 Å². The fraction of sp³-hybridized carbons (Fsp3) is 0.263. The van der Waals surface area contributed by atoms with Crippen LogP contribution in [-0.4, -0.2) is 34.0 Å². The van der Waals surface area contributed by atoms with Crippen molar-refractivity contribution >= 4 is 22.8 Å². The number of aryl methyl sites for hydroxylation is 1. The number of aromatic amines is 1. The molecular weight excluding hydrogens is 302 g/mol. The zero-order chi connectivity index (χ0) is 16.9. The van der Waals surface area contributed by atoms with Crippen LogP contribution in [0.5, 0.6) is 0 Å². The van der Waals surface area contributed by atoms with Crippen molar-refractivity contribution in [2.75, 3.05) is 18.5 Å². The van der Waals surface area contributed by atoms with Crippen LogP contribution in [0.4, 0.5) is 5.95 Å². The molecule has 3 N–H and O–H groups in total. The van der Waals surface area contributed by atoms with Crippen molar-refractivity contribution in [2.45, 2.75) is 19.8 Å². The van der Waals surface area contributed by atoms with E-state index in [2.05, 4.69) is 15.3 Å². The maximum atomic E-state index is 12.5. The van der Waals surface area contributed by atoms with Gasteiger partial charge in [0.05, 0.1) is 11.0 Å². The van der Waals surface area contributed by atoms with Crippen molar-refractivity contribution in [3.8, 4) is 0 Å². The Morgan fingerprint density at radius 3 is 2.75 bits per heavy atom. The summed E-state index contributed by atoms with van der Waals surface area (Å²) in [4.78, 5) is 20.3. The minimum absolute atomic E-state index is 0.0836. The van der Waals surface area contributed by atoms with E-state index in [1.165, 1.54) is 0 Å². The predicted molar refractivity (Wildman–Crippen MR) is 95.5 cm³/mol. The number of ketones is 1. The van der Waals surface area contributed by atoms with Crippen LogP contribution in [0.2, 0.25) is 0 Å². The summed E-state index contributed by atoms with van der Waals surface area (Å²) in [6, 6.07) is 13.4. The lowest BCUT2D eigenvalue weighted by Gasteiger charge is -2.03. The third-order valence-corrected chi connectivity index (χ3v) is 3.95. The zero-order valence-corrected chi connectivity index (χ0v) is 13.7. The second-order valence-corrected chi connectivity index (χ2v) is 5.87. The van der Waals surface area contributed by atoms with E-state index < -0.39 is 0 Å². The molecule has 0 aliphatic carbocycles. The molecule has 0 fully saturated rings. The molecule has 0 bridgehead atoms. The Bertz CT molecular complexity index is 837. The third kappa shape index (κ3) is 3.63. The molecule has 5 nitrogen and oxygen atoms in total. The molecule has 0 unspecified atom stereocenters. The monoisotopic (exact) mass is 323 g/mol. The number of aromatic nitrogens is 2. The normalized spacial score (nSPS) is 10.9. The Morgan fingerprint density at radius 2 is 2.00 bits per heavy atom. The van der Waals surface area contributed by atoms with Crippen molar-refractivity contribution in [3.63, 3.8) is 0 Å². The molecule has 0 atom stereocenters. The predicted octanol–water partition coefficient (Wildman–Crippen LogP) is 3.09. The van der Waals surface area contributed by atoms with E-state index >= 15 is 0 Å². The number of fused-ring (bicyclic) bond motifs is 1. The molecule has 0 aliphatic heterocycles. The van der Waals surface area contributed by atoms with Gasteiger partial charge < -0.3 is 15.4 Å². The summed E-state index contributed by atoms with van der Waals surface area (Å²) in [7, 11) is 0. The molecule has 0 amide bonds. The summed E-state index contributed by atoms with van der Waals surface area (Å²) < 4.78 is 0. The topological polar surface area (TPSA) is 78.0 Å². The zero-order valence-electron chi connectivity index (χ0n) is 13.7. The Morgan fingerprint density at radius 1 is 1.21 bits per heavy atom. The molecule has 1 aromatic heterocycles. The number of benzene rings is 2. The summed E-state index contributed by atoms with van der Waals surface area (Å²) in [6.07, 6.45) is 0.983. The van der Waals surface area contributed by atoms with Crippen molar-refractivity contribution in [1.29, 1.82) is 0 Å². The highest BCUT2D eigenvalue weighted by molar-refractivity contribution is 5.99. The van der Waals surface area contributed by atoms with E-state index in [4.69, 9.17) is 5.11 Å². The number of hydrogen-bond acceptors (Lipinski definition) is 4. The van der Waals surface area contributed by atoms with Gasteiger partial charge >= 0.3 is 0 Å². The van der Waals surface area contributed by atoms with Gasteiger partial charge in [0.1, 0.15) is 0 Å². The number of aliphatic hydroxyl groups excluding tert-OH is 1. The first-order chi connectivity index (χ1) is 11.7. The summed E-state index contributed by atoms with van der Waals surface area (Å²) in [5.74, 6) is 0.744. The van der Waals surface area contributed by atoms with Gasteiger partial charge in [-0.15, -0.1) is 0 Å². The minimum atomic E-state index is 0.0836. The van der Waals surface area contributed by atoms with Gasteiger partial charge in [-0.05, 0) is 25.0 Å². The lowest BCUT2D eigenvalue weighted by Crippen LogP contribution is -2.05. The van der Waals surface area contributed by atoms with E-state index in [1.54, 1.807) is 0 Å². The van der Waals surface area contributed by atoms with Crippen molar-refractivity contribution in [1.82, 2.24) is 9.97 Å². The van der Waals surface area contributed by atoms with Crippen LogP contribution in [0.1, 0.15) is 27.9 Å². The van der Waals surface area contributed by atoms with Gasteiger partial charge in [0.2, 0.25) is 5.95 Å². The number of anilines is 1. The number of hydrogen-bond donors (Lipinski definition) is 3. The molecule has 3 rings (SSSR count). The first-order valence-corrected chi connectivity index (χ1v) is 8.09. The third-order valence-electron chi connectivity index (χ3n) is 3.95. The number of nitrogens with zero attached hydrogens (tertiary/aromatic N) is 1. The molecule has 0 saturated heterocycles. The number of H-pyrrole nitrogens is 1. The fourth-order valence-electron chi connectivity index (χ4n) is 2.62. The molecule has 0 radical (unpaired) electrons. The lowest BCUT2D eigenvalue weighted by atomic mass is 10.0. The lowest BCUT2D eigenvalue weighted by molar-refractivity contribution is 0.0993. The van der Waals surface area contributed by atoms with Crippen molar-refractivity contribution < 1.29 is 9.90 Å². The number of nitrogens with one attached hydrogen (secondary N) is 2. The number of para-hydroxylation sites is 1. The Labute approximate surface area is 140 Å². The van der Waals surface area contributed by atoms with E-state index in [-0.39, 0.29) is 12.4 Å². The standard InChI is InChI=1S/C19H21N3O2/c1-13-6-8-14(9-7-13)17(24)12-15-4-2-5-16-18(15)22-19(21-16)20-10-3-11-23/h2,4-9,23H,3,10-12H2,1H3,(H2,20,21,22). The van der Waals surface area contributed by atoms with Gasteiger partial charge in [0.25, 0.3) is 0 Å². The highest BCUT2D eigenvalue weighted by atomic mass is 16.3. The quantitative estimate of drug-likeness (QED) is 0.461. The van der Waals surface area contributed by atoms with Crippen molar-refractivity contribution in [2.24, 2.45) is 0 Å². The summed E-state index contributed by atoms with van der Waals surface area (Å²) in [6.45, 7) is 2.79. The number of imidazole rings is 1. The summed E-state index contributed by atoms with van der Waals surface area (Å²) >= 11 is 0. The smallest absolute Gasteiger partial charge is 0.201 e. The van der Waals surface area contributed by atoms with Crippen molar-refractivity contribution in [3.05, 3.63) is 59.2 Å². The van der Waals surface area contributed by atoms with Crippen LogP contribution in [0, 0.1) is 6.92 Å². The highest BCUT2D eigenvalue weighted by Crippen LogP contribution is 2.20. The Hall–Kier alpha value is -2.66. The van der Waals surface area contributed by atoms with Crippen LogP contribution >= 0.6 is 0 Å². The van der Waals surface area contributed by atoms with E-state index in [9.17, 15) is 4.79 Å². The van der Waals surface area contributed by atoms with Gasteiger partial charge in [-0.3, -0.25) is 4.79 Å². The minimum Gasteiger partial charge on any atom is -0.396 e. The average molecular weight is 323 g/mol. The molecular formula is C19H21N3O2. The second kappa shape index (κ2) is 7.27. The Balaban J connectivity index is 1.81. The first kappa shape index (κ1) is 16.2. The maximum absolute atomic E-state index is 12.5. The van der Waals surface area contributed by atoms with Gasteiger partial charge in [-0.1, -0.05) is 42.0 Å². The molecule has 0 spiro atoms. The van der Waals surface area contributed by atoms with E-state index in [0.717, 1.165) is 27.7 Å². The summed E-state index contributed by atoms with van der Waals surface area (Å²) in [5.41, 5.74) is 4.47. The molecule has 5 heteroatoms. The Kier molecular flexibility index (Phi) is 4.91. The van der Waals surface area contributed by atoms with Gasteiger partial charge in [0.15, 0.2) is 5.78 Å². The molecule has 124 valence electrons. The number of Topliss-reactive ketones (excluding diaryl/α,β-unsaturated/α-hetero) is 1. The van der Waals surface area contributed by atoms with Crippen LogP contribution in [-0.2, 0) is 6.42 Å². The van der Waals surface area contributed by atoms with Gasteiger partial charge in [0, 0.05) is 25.1 Å². The molecule has 3 aromatic rings. The number of aliphatic hydroxyl groups is 1. The molecule has 1 heterocycles. The highest BCUT2D eigenvalue weighted by Gasteiger charge is 2.12. The van der Waals surface area contributed by atoms with Gasteiger partial charge in [-0.2, -0.15) is 0 Å². The maximum Gasteiger partial charge on any atom is 0.201 e. The number of rotatable bonds is 7. The van der Waals surface area contributed by atoms with E-state index in [0.29, 0.717) is 25.3 Å². The van der Waals surface area contributed by atoms with Gasteiger partial charge in [-0.25, -0.2) is 4.98 Å². The largest absolute Gasteiger partial charge is 0.396 e. The fourth-order valence-corrected chi connectivity index (χ4v) is 2.62. The number of carbonyl (C=O) groups excluding carboxylic acids is 1. The summed E-state index contributed by atoms with van der Waals surface area (Å²) in [5, 5.41) is 12.0. The SMILES string of the molecule is Cc1ccc(C(=O)Cc2cccc3[nH]c(NCCCO)nc23)cc1. The first-order valence-electron chi connectivity index (χ1n) is 8.09. The van der Waals surface area contributed by atoms with Crippen LogP contribution in [0.25, 0.3) is 11.0 Å². The molecule has 24 heavy (non-hydrogen) atoms. The molecule has 0 saturated carbocycles. The molecule has 2 aromatic carbocycles. The van der Waals surface area contributed by atoms with Crippen LogP contribution < -0.4 is 5.32 Å². The average Bonchev–Trinajstić information content (AvgIpc) is 2.99. The second-order valence-electron chi connectivity index (χ2n) is 5.87. The van der Waals surface area contributed by atoms with Crippen LogP contribution in [0.3, 0.4) is 0 Å². The number of carbonyl (C=O) groups is 1.